The van der Waals surface area contributed by atoms with Gasteiger partial charge in [0.2, 0.25) is 0 Å². The van der Waals surface area contributed by atoms with Crippen LogP contribution >= 0.6 is 22.9 Å². The van der Waals surface area contributed by atoms with Crippen molar-refractivity contribution in [1.29, 1.82) is 0 Å². The lowest BCUT2D eigenvalue weighted by Gasteiger charge is -2.18. The molecule has 0 aliphatic rings. The number of carbonyl (C=O) groups is 1. The fraction of sp³-hybridized carbons (Fsp3) is 0.235. The highest BCUT2D eigenvalue weighted by Gasteiger charge is 2.15. The summed E-state index contributed by atoms with van der Waals surface area (Å²) in [5.74, 6) is 0.0821. The number of amides is 2. The number of fused-ring (bicyclic) bond motifs is 1. The zero-order valence-electron chi connectivity index (χ0n) is 14.6. The molecule has 0 saturated carbocycles. The molecule has 2 heterocycles. The van der Waals surface area contributed by atoms with Crippen molar-refractivity contribution in [2.75, 3.05) is 37.5 Å². The fourth-order valence-electron chi connectivity index (χ4n) is 2.36. The Morgan fingerprint density at radius 2 is 2.07 bits per heavy atom. The first kappa shape index (κ1) is 19.3. The van der Waals surface area contributed by atoms with Crippen LogP contribution in [0.25, 0.3) is 10.3 Å². The molecule has 0 unspecified atom stereocenters. The summed E-state index contributed by atoms with van der Waals surface area (Å²) in [4.78, 5) is 24.4. The molecule has 0 aliphatic carbocycles. The standard InChI is InChI=1S/C17H17ClFN5O2S/c1-23(7-8-25)17(26)22-16-20-12-4-6-14(21-15(12)27-16)24(2)13-5-3-10(18)9-11(13)19/h3-6,9,25H,7-8H2,1-2H3,(H,20,22,26). The summed E-state index contributed by atoms with van der Waals surface area (Å²) in [5, 5.41) is 12.3. The quantitative estimate of drug-likeness (QED) is 0.671. The predicted octanol–water partition coefficient (Wildman–Crippen LogP) is 3.71. The Balaban J connectivity index is 1.84. The number of hydrogen-bond acceptors (Lipinski definition) is 6. The molecule has 0 spiro atoms. The first-order chi connectivity index (χ1) is 12.9. The van der Waals surface area contributed by atoms with E-state index in [0.717, 1.165) is 0 Å². The Hall–Kier alpha value is -2.49. The molecule has 0 aliphatic heterocycles. The minimum absolute atomic E-state index is 0.123. The first-order valence-corrected chi connectivity index (χ1v) is 9.18. The number of thiazole rings is 1. The zero-order chi connectivity index (χ0) is 19.6. The van der Waals surface area contributed by atoms with E-state index < -0.39 is 5.82 Å². The van der Waals surface area contributed by atoms with E-state index in [2.05, 4.69) is 15.3 Å². The monoisotopic (exact) mass is 409 g/mol. The van der Waals surface area contributed by atoms with E-state index in [1.54, 1.807) is 43.3 Å². The summed E-state index contributed by atoms with van der Waals surface area (Å²) in [6.45, 7) is 0.0961. The highest BCUT2D eigenvalue weighted by atomic mass is 35.5. The van der Waals surface area contributed by atoms with E-state index in [-0.39, 0.29) is 19.2 Å². The number of halogens is 2. The second-order valence-corrected chi connectivity index (χ2v) is 7.16. The van der Waals surface area contributed by atoms with Crippen molar-refractivity contribution in [3.05, 3.63) is 41.2 Å². The molecule has 0 atom stereocenters. The van der Waals surface area contributed by atoms with Crippen LogP contribution in [0.5, 0.6) is 0 Å². The van der Waals surface area contributed by atoms with Crippen LogP contribution in [0.2, 0.25) is 5.02 Å². The van der Waals surface area contributed by atoms with Gasteiger partial charge < -0.3 is 14.9 Å². The molecule has 142 valence electrons. The number of hydrogen-bond donors (Lipinski definition) is 2. The van der Waals surface area contributed by atoms with E-state index in [4.69, 9.17) is 16.7 Å². The number of carbonyl (C=O) groups excluding carboxylic acids is 1. The number of likely N-dealkylation sites (N-methyl/N-ethyl adjacent to an activating group) is 1. The molecule has 2 N–H and O–H groups in total. The number of aliphatic hydroxyl groups excluding tert-OH is 1. The third-order valence-corrected chi connectivity index (χ3v) is 4.97. The topological polar surface area (TPSA) is 81.6 Å². The maximum absolute atomic E-state index is 14.2. The van der Waals surface area contributed by atoms with Crippen LogP contribution in [0.3, 0.4) is 0 Å². The minimum Gasteiger partial charge on any atom is -0.395 e. The van der Waals surface area contributed by atoms with Crippen molar-refractivity contribution in [2.24, 2.45) is 0 Å². The number of anilines is 3. The molecule has 0 saturated heterocycles. The molecule has 3 rings (SSSR count). The number of nitrogens with zero attached hydrogens (tertiary/aromatic N) is 4. The molecule has 3 aromatic rings. The van der Waals surface area contributed by atoms with Gasteiger partial charge in [-0.1, -0.05) is 22.9 Å². The van der Waals surface area contributed by atoms with Crippen LogP contribution in [0.4, 0.5) is 25.8 Å². The van der Waals surface area contributed by atoms with Crippen LogP contribution in [-0.2, 0) is 0 Å². The number of rotatable bonds is 5. The number of aromatic nitrogens is 2. The molecule has 2 amide bonds. The third kappa shape index (κ3) is 4.26. The molecule has 2 aromatic heterocycles. The second kappa shape index (κ2) is 8.03. The van der Waals surface area contributed by atoms with E-state index in [1.807, 2.05) is 0 Å². The minimum atomic E-state index is -0.448. The SMILES string of the molecule is CN(CCO)C(=O)Nc1nc2ccc(N(C)c3ccc(Cl)cc3F)nc2s1. The lowest BCUT2D eigenvalue weighted by Crippen LogP contribution is -2.33. The Labute approximate surface area is 164 Å². The van der Waals surface area contributed by atoms with Crippen molar-refractivity contribution in [3.63, 3.8) is 0 Å². The van der Waals surface area contributed by atoms with Gasteiger partial charge in [0, 0.05) is 25.7 Å². The van der Waals surface area contributed by atoms with Gasteiger partial charge in [0.15, 0.2) is 5.13 Å². The molecule has 7 nitrogen and oxygen atoms in total. The summed E-state index contributed by atoms with van der Waals surface area (Å²) in [6, 6.07) is 7.54. The van der Waals surface area contributed by atoms with E-state index in [9.17, 15) is 9.18 Å². The molecule has 27 heavy (non-hydrogen) atoms. The summed E-state index contributed by atoms with van der Waals surface area (Å²) in [5.41, 5.74) is 0.962. The van der Waals surface area contributed by atoms with E-state index in [0.29, 0.717) is 32.0 Å². The normalized spacial score (nSPS) is 10.9. The van der Waals surface area contributed by atoms with Crippen LogP contribution in [0, 0.1) is 5.82 Å². The second-order valence-electron chi connectivity index (χ2n) is 5.74. The molecular formula is C17H17ClFN5O2S. The van der Waals surface area contributed by atoms with Crippen LogP contribution in [-0.4, -0.2) is 53.3 Å². The van der Waals surface area contributed by atoms with Crippen molar-refractivity contribution < 1.29 is 14.3 Å². The summed E-state index contributed by atoms with van der Waals surface area (Å²) < 4.78 is 14.2. The maximum atomic E-state index is 14.2. The maximum Gasteiger partial charge on any atom is 0.323 e. The van der Waals surface area contributed by atoms with Gasteiger partial charge in [-0.15, -0.1) is 0 Å². The molecule has 0 fully saturated rings. The largest absolute Gasteiger partial charge is 0.395 e. The Bertz CT molecular complexity index is 983. The summed E-state index contributed by atoms with van der Waals surface area (Å²) in [6.07, 6.45) is 0. The van der Waals surface area contributed by atoms with Gasteiger partial charge in [0.1, 0.15) is 22.0 Å². The molecular weight excluding hydrogens is 393 g/mol. The van der Waals surface area contributed by atoms with Gasteiger partial charge in [-0.25, -0.2) is 19.2 Å². The summed E-state index contributed by atoms with van der Waals surface area (Å²) in [7, 11) is 3.28. The van der Waals surface area contributed by atoms with Crippen LogP contribution in [0.1, 0.15) is 0 Å². The molecule has 0 radical (unpaired) electrons. The average molecular weight is 410 g/mol. The van der Waals surface area contributed by atoms with Crippen molar-refractivity contribution >= 4 is 56.0 Å². The molecule has 1 aromatic carbocycles. The number of nitrogens with one attached hydrogen (secondary N) is 1. The van der Waals surface area contributed by atoms with Crippen molar-refractivity contribution in [2.45, 2.75) is 0 Å². The van der Waals surface area contributed by atoms with Gasteiger partial charge in [-0.2, -0.15) is 0 Å². The van der Waals surface area contributed by atoms with E-state index in [1.165, 1.54) is 22.3 Å². The highest BCUT2D eigenvalue weighted by Crippen LogP contribution is 2.31. The highest BCUT2D eigenvalue weighted by molar-refractivity contribution is 7.22. The number of benzene rings is 1. The van der Waals surface area contributed by atoms with Gasteiger partial charge in [-0.05, 0) is 30.3 Å². The fourth-order valence-corrected chi connectivity index (χ4v) is 3.34. The Morgan fingerprint density at radius 3 is 2.78 bits per heavy atom. The molecule has 0 bridgehead atoms. The third-order valence-electron chi connectivity index (χ3n) is 3.85. The van der Waals surface area contributed by atoms with Gasteiger partial charge >= 0.3 is 6.03 Å². The lowest BCUT2D eigenvalue weighted by atomic mass is 10.2. The number of aliphatic hydroxyl groups is 1. The first-order valence-electron chi connectivity index (χ1n) is 7.98. The number of pyridine rings is 1. The lowest BCUT2D eigenvalue weighted by molar-refractivity contribution is 0.202. The predicted molar refractivity (Wildman–Crippen MR) is 106 cm³/mol. The zero-order valence-corrected chi connectivity index (χ0v) is 16.2. The summed E-state index contributed by atoms with van der Waals surface area (Å²) >= 11 is 7.01. The molecule has 10 heteroatoms. The van der Waals surface area contributed by atoms with Crippen molar-refractivity contribution in [1.82, 2.24) is 14.9 Å². The van der Waals surface area contributed by atoms with Crippen LogP contribution in [0.15, 0.2) is 30.3 Å². The Kier molecular flexibility index (Phi) is 5.73. The average Bonchev–Trinajstić information content (AvgIpc) is 3.02. The van der Waals surface area contributed by atoms with E-state index >= 15 is 0 Å². The van der Waals surface area contributed by atoms with Gasteiger partial charge in [-0.3, -0.25) is 5.32 Å². The Morgan fingerprint density at radius 1 is 1.30 bits per heavy atom. The van der Waals surface area contributed by atoms with Gasteiger partial charge in [0.05, 0.1) is 12.3 Å². The van der Waals surface area contributed by atoms with Crippen molar-refractivity contribution in [3.8, 4) is 0 Å². The smallest absolute Gasteiger partial charge is 0.323 e. The van der Waals surface area contributed by atoms with Crippen LogP contribution < -0.4 is 10.2 Å². The number of urea groups is 1. The van der Waals surface area contributed by atoms with Gasteiger partial charge in [0.25, 0.3) is 0 Å².